The molecule has 2 aromatic rings. The van der Waals surface area contributed by atoms with Gasteiger partial charge in [-0.15, -0.1) is 0 Å². The van der Waals surface area contributed by atoms with Gasteiger partial charge in [-0.2, -0.15) is 18.2 Å². The van der Waals surface area contributed by atoms with Crippen molar-refractivity contribution in [2.75, 3.05) is 6.54 Å². The van der Waals surface area contributed by atoms with Crippen LogP contribution in [0, 0.1) is 5.92 Å². The van der Waals surface area contributed by atoms with Crippen molar-refractivity contribution in [3.63, 3.8) is 0 Å². The average molecular weight is 393 g/mol. The molecule has 150 valence electrons. The van der Waals surface area contributed by atoms with E-state index in [2.05, 4.69) is 10.1 Å². The van der Waals surface area contributed by atoms with Crippen molar-refractivity contribution >= 4 is 5.91 Å². The van der Waals surface area contributed by atoms with Gasteiger partial charge in [0, 0.05) is 18.0 Å². The number of alkyl halides is 3. The lowest BCUT2D eigenvalue weighted by molar-refractivity contribution is -0.138. The fourth-order valence-corrected chi connectivity index (χ4v) is 4.19. The van der Waals surface area contributed by atoms with Gasteiger partial charge in [0.05, 0.1) is 5.56 Å². The van der Waals surface area contributed by atoms with E-state index in [0.717, 1.165) is 50.7 Å². The number of rotatable bonds is 3. The Kier molecular flexibility index (Phi) is 5.12. The Labute approximate surface area is 160 Å². The van der Waals surface area contributed by atoms with Crippen molar-refractivity contribution < 1.29 is 22.5 Å². The molecule has 1 atom stereocenters. The number of aromatic nitrogens is 2. The molecule has 0 N–H and O–H groups in total. The summed E-state index contributed by atoms with van der Waals surface area (Å²) in [5, 5.41) is 3.87. The van der Waals surface area contributed by atoms with Crippen LogP contribution in [0.5, 0.6) is 0 Å². The van der Waals surface area contributed by atoms with Crippen LogP contribution in [0.3, 0.4) is 0 Å². The van der Waals surface area contributed by atoms with Crippen molar-refractivity contribution in [2.45, 2.75) is 57.2 Å². The van der Waals surface area contributed by atoms with Crippen LogP contribution in [0.4, 0.5) is 13.2 Å². The van der Waals surface area contributed by atoms with Crippen molar-refractivity contribution in [1.29, 1.82) is 0 Å². The zero-order valence-corrected chi connectivity index (χ0v) is 15.4. The zero-order chi connectivity index (χ0) is 19.7. The Morgan fingerprint density at radius 3 is 2.64 bits per heavy atom. The summed E-state index contributed by atoms with van der Waals surface area (Å²) in [6.07, 6.45) is 2.31. The molecular formula is C20H22F3N3O2. The zero-order valence-electron chi connectivity index (χ0n) is 15.4. The number of hydrogen-bond acceptors (Lipinski definition) is 4. The van der Waals surface area contributed by atoms with E-state index in [4.69, 9.17) is 4.52 Å². The summed E-state index contributed by atoms with van der Waals surface area (Å²) in [4.78, 5) is 19.1. The number of nitrogens with zero attached hydrogens (tertiary/aromatic N) is 3. The Bertz CT molecular complexity index is 843. The van der Waals surface area contributed by atoms with Gasteiger partial charge in [0.15, 0.2) is 0 Å². The topological polar surface area (TPSA) is 59.2 Å². The average Bonchev–Trinajstić information content (AvgIpc) is 3.37. The largest absolute Gasteiger partial charge is 0.416 e. The van der Waals surface area contributed by atoms with Crippen LogP contribution in [-0.4, -0.2) is 27.5 Å². The van der Waals surface area contributed by atoms with Gasteiger partial charge in [-0.3, -0.25) is 4.79 Å². The van der Waals surface area contributed by atoms with E-state index >= 15 is 0 Å². The van der Waals surface area contributed by atoms with Gasteiger partial charge in [0.25, 0.3) is 0 Å². The number of amides is 1. The molecule has 0 spiro atoms. The summed E-state index contributed by atoms with van der Waals surface area (Å²) in [6.45, 7) is 0.654. The van der Waals surface area contributed by atoms with E-state index in [1.165, 1.54) is 18.6 Å². The molecule has 0 unspecified atom stereocenters. The number of likely N-dealkylation sites (tertiary alicyclic amines) is 1. The van der Waals surface area contributed by atoms with Gasteiger partial charge in [-0.05, 0) is 37.8 Å². The number of carbonyl (C=O) groups is 1. The molecule has 1 aromatic carbocycles. The lowest BCUT2D eigenvalue weighted by Gasteiger charge is -2.29. The molecule has 1 saturated carbocycles. The van der Waals surface area contributed by atoms with Crippen LogP contribution in [0.2, 0.25) is 0 Å². The van der Waals surface area contributed by atoms with E-state index < -0.39 is 11.7 Å². The Morgan fingerprint density at radius 1 is 1.11 bits per heavy atom. The summed E-state index contributed by atoms with van der Waals surface area (Å²) in [5.41, 5.74) is -0.515. The third kappa shape index (κ3) is 3.77. The molecule has 2 fully saturated rings. The first kappa shape index (κ1) is 19.0. The van der Waals surface area contributed by atoms with Crippen molar-refractivity contribution in [3.05, 3.63) is 35.7 Å². The van der Waals surface area contributed by atoms with Gasteiger partial charge in [-0.25, -0.2) is 0 Å². The summed E-state index contributed by atoms with van der Waals surface area (Å²) in [7, 11) is 0. The summed E-state index contributed by atoms with van der Waals surface area (Å²) in [5.74, 6) is 0.605. The van der Waals surface area contributed by atoms with Crippen molar-refractivity contribution in [2.24, 2.45) is 5.92 Å². The third-order valence-corrected chi connectivity index (χ3v) is 5.67. The van der Waals surface area contributed by atoms with Gasteiger partial charge >= 0.3 is 6.18 Å². The fourth-order valence-electron chi connectivity index (χ4n) is 4.19. The fraction of sp³-hybridized carbons (Fsp3) is 0.550. The molecule has 2 aliphatic rings. The van der Waals surface area contributed by atoms with Crippen molar-refractivity contribution in [1.82, 2.24) is 15.0 Å². The molecule has 2 heterocycles. The van der Waals surface area contributed by atoms with E-state index in [9.17, 15) is 18.0 Å². The highest BCUT2D eigenvalue weighted by Gasteiger charge is 2.37. The minimum atomic E-state index is -4.43. The quantitative estimate of drug-likeness (QED) is 0.736. The Balaban J connectivity index is 1.54. The van der Waals surface area contributed by atoms with E-state index in [0.29, 0.717) is 12.4 Å². The Hall–Kier alpha value is -2.38. The van der Waals surface area contributed by atoms with Crippen LogP contribution in [0.15, 0.2) is 28.8 Å². The third-order valence-electron chi connectivity index (χ3n) is 5.67. The number of halogens is 3. The number of carbonyl (C=O) groups excluding carboxylic acids is 1. The minimum absolute atomic E-state index is 0.0557. The Morgan fingerprint density at radius 2 is 1.89 bits per heavy atom. The molecule has 1 aliphatic carbocycles. The lowest BCUT2D eigenvalue weighted by atomic mass is 9.88. The first-order chi connectivity index (χ1) is 13.4. The predicted octanol–water partition coefficient (Wildman–Crippen LogP) is 5.00. The second kappa shape index (κ2) is 7.56. The second-order valence-electron chi connectivity index (χ2n) is 7.56. The molecule has 1 aromatic heterocycles. The first-order valence-electron chi connectivity index (χ1n) is 9.75. The van der Waals surface area contributed by atoms with Gasteiger partial charge in [-0.1, -0.05) is 36.6 Å². The van der Waals surface area contributed by atoms with Gasteiger partial charge in [0.2, 0.25) is 17.6 Å². The summed E-state index contributed by atoms with van der Waals surface area (Å²) < 4.78 is 44.2. The van der Waals surface area contributed by atoms with E-state index in [-0.39, 0.29) is 29.3 Å². The molecule has 1 amide bonds. The summed E-state index contributed by atoms with van der Waals surface area (Å²) >= 11 is 0. The molecule has 1 aliphatic heterocycles. The first-order valence-corrected chi connectivity index (χ1v) is 9.75. The normalized spacial score (nSPS) is 21.2. The summed E-state index contributed by atoms with van der Waals surface area (Å²) in [6, 6.07) is 4.56. The lowest BCUT2D eigenvalue weighted by Crippen LogP contribution is -2.36. The molecule has 1 saturated heterocycles. The maximum Gasteiger partial charge on any atom is 0.416 e. The predicted molar refractivity (Wildman–Crippen MR) is 95.0 cm³/mol. The smallest absolute Gasteiger partial charge is 0.337 e. The molecule has 8 heteroatoms. The second-order valence-corrected chi connectivity index (χ2v) is 7.56. The van der Waals surface area contributed by atoms with Crippen LogP contribution < -0.4 is 0 Å². The van der Waals surface area contributed by atoms with Gasteiger partial charge in [0.1, 0.15) is 6.04 Å². The molecule has 4 rings (SSSR count). The molecule has 0 radical (unpaired) electrons. The van der Waals surface area contributed by atoms with Gasteiger partial charge < -0.3 is 9.42 Å². The highest BCUT2D eigenvalue weighted by atomic mass is 19.4. The van der Waals surface area contributed by atoms with Crippen LogP contribution in [-0.2, 0) is 11.0 Å². The van der Waals surface area contributed by atoms with E-state index in [1.54, 1.807) is 0 Å². The highest BCUT2D eigenvalue weighted by molar-refractivity contribution is 5.79. The van der Waals surface area contributed by atoms with E-state index in [1.807, 2.05) is 4.90 Å². The minimum Gasteiger partial charge on any atom is -0.337 e. The van der Waals surface area contributed by atoms with Crippen molar-refractivity contribution in [3.8, 4) is 11.4 Å². The standard InChI is InChI=1S/C20H22F3N3O2/c21-20(22,23)15-9-4-8-14(12-15)17-24-18(28-25-17)16-10-5-11-26(16)19(27)13-6-2-1-3-7-13/h4,8-9,12-13,16H,1-3,5-7,10-11H2/t16-/m0/s1. The number of hydrogen-bond donors (Lipinski definition) is 0. The molecule has 0 bridgehead atoms. The number of benzene rings is 1. The SMILES string of the molecule is O=C(C1CCCCC1)N1CCC[C@H]1c1nc(-c2cccc(C(F)(F)F)c2)no1. The maximum absolute atomic E-state index is 12.9. The van der Waals surface area contributed by atoms with Crippen LogP contribution >= 0.6 is 0 Å². The maximum atomic E-state index is 12.9. The molecule has 5 nitrogen and oxygen atoms in total. The highest BCUT2D eigenvalue weighted by Crippen LogP contribution is 2.36. The molecule has 28 heavy (non-hydrogen) atoms. The van der Waals surface area contributed by atoms with Crippen LogP contribution in [0.1, 0.15) is 62.4 Å². The molecular weight excluding hydrogens is 371 g/mol. The van der Waals surface area contributed by atoms with Crippen LogP contribution in [0.25, 0.3) is 11.4 Å². The monoisotopic (exact) mass is 393 g/mol.